The summed E-state index contributed by atoms with van der Waals surface area (Å²) in [5.41, 5.74) is 8.62. The monoisotopic (exact) mass is 330 g/mol. The third kappa shape index (κ3) is 3.54. The molecular weight excluding hydrogens is 312 g/mol. The fourth-order valence-electron chi connectivity index (χ4n) is 2.68. The highest BCUT2D eigenvalue weighted by Crippen LogP contribution is 2.23. The van der Waals surface area contributed by atoms with Crippen LogP contribution in [0.15, 0.2) is 5.11 Å². The van der Waals surface area contributed by atoms with E-state index in [0.29, 0.717) is 0 Å². The summed E-state index contributed by atoms with van der Waals surface area (Å²) in [7, 11) is 2.81. The Labute approximate surface area is 131 Å². The molecule has 0 aromatic carbocycles. The summed E-state index contributed by atoms with van der Waals surface area (Å²) >= 11 is 0. The minimum absolute atomic E-state index is 0.0460. The molecule has 1 amide bonds. The maximum absolute atomic E-state index is 12.4. The lowest BCUT2D eigenvalue weighted by molar-refractivity contribution is -0.148. The lowest BCUT2D eigenvalue weighted by atomic mass is 10.1. The van der Waals surface area contributed by atoms with Gasteiger partial charge in [-0.05, 0) is 5.53 Å². The topological polar surface area (TPSA) is 152 Å². The van der Waals surface area contributed by atoms with Crippen molar-refractivity contribution in [1.82, 2.24) is 5.32 Å². The minimum Gasteiger partial charge on any atom is -0.479 e. The summed E-state index contributed by atoms with van der Waals surface area (Å²) in [6.45, 7) is 0.139. The fourth-order valence-corrected chi connectivity index (χ4v) is 2.68. The number of azide groups is 1. The van der Waals surface area contributed by atoms with Crippen molar-refractivity contribution in [3.8, 4) is 0 Å². The molecule has 2 heterocycles. The quantitative estimate of drug-likeness (QED) is 0.362. The van der Waals surface area contributed by atoms with Crippen LogP contribution >= 0.6 is 0 Å². The number of hydrogen-bond donors (Lipinski definition) is 2. The molecular formula is C12H18N4O7. The number of nitrogens with zero attached hydrogens (tertiary/aromatic N) is 3. The normalized spacial score (nSPS) is 36.4. The van der Waals surface area contributed by atoms with Crippen molar-refractivity contribution >= 4 is 11.9 Å². The van der Waals surface area contributed by atoms with Gasteiger partial charge in [0.2, 0.25) is 5.91 Å². The summed E-state index contributed by atoms with van der Waals surface area (Å²) < 4.78 is 20.7. The Morgan fingerprint density at radius 1 is 1.22 bits per heavy atom. The Kier molecular flexibility index (Phi) is 5.74. The van der Waals surface area contributed by atoms with Crippen LogP contribution in [-0.2, 0) is 28.5 Å². The molecule has 2 rings (SSSR count). The van der Waals surface area contributed by atoms with E-state index in [-0.39, 0.29) is 13.2 Å². The van der Waals surface area contributed by atoms with Crippen LogP contribution in [-0.4, -0.2) is 80.9 Å². The predicted octanol–water partition coefficient (Wildman–Crippen LogP) is -0.938. The molecule has 2 aliphatic heterocycles. The van der Waals surface area contributed by atoms with Gasteiger partial charge in [0.05, 0.1) is 25.4 Å². The largest absolute Gasteiger partial charge is 0.479 e. The second-order valence-corrected chi connectivity index (χ2v) is 5.12. The zero-order valence-electron chi connectivity index (χ0n) is 12.6. The third-order valence-corrected chi connectivity index (χ3v) is 3.90. The van der Waals surface area contributed by atoms with Gasteiger partial charge < -0.3 is 29.4 Å². The number of nitrogens with one attached hydrogen (secondary N) is 1. The maximum atomic E-state index is 12.4. The summed E-state index contributed by atoms with van der Waals surface area (Å²) in [5.74, 6) is -1.81. The lowest BCUT2D eigenvalue weighted by Gasteiger charge is -2.24. The molecule has 2 fully saturated rings. The molecule has 11 heteroatoms. The second kappa shape index (κ2) is 7.57. The van der Waals surface area contributed by atoms with Gasteiger partial charge in [-0.15, -0.1) is 0 Å². The van der Waals surface area contributed by atoms with E-state index in [1.54, 1.807) is 0 Å². The number of aliphatic carboxylic acids is 1. The fraction of sp³-hybridized carbons (Fsp3) is 0.833. The van der Waals surface area contributed by atoms with E-state index in [4.69, 9.17) is 29.6 Å². The molecule has 0 bridgehead atoms. The highest BCUT2D eigenvalue weighted by molar-refractivity contribution is 5.84. The molecule has 2 N–H and O–H groups in total. The number of carboxylic acids is 1. The number of methoxy groups -OCH3 is 2. The highest BCUT2D eigenvalue weighted by atomic mass is 16.6. The molecule has 11 nitrogen and oxygen atoms in total. The van der Waals surface area contributed by atoms with Crippen molar-refractivity contribution in [2.24, 2.45) is 5.11 Å². The van der Waals surface area contributed by atoms with Crippen LogP contribution in [0.1, 0.15) is 0 Å². The first kappa shape index (κ1) is 17.4. The molecule has 0 radical (unpaired) electrons. The number of ether oxygens (including phenoxy) is 4. The minimum atomic E-state index is -1.22. The predicted molar refractivity (Wildman–Crippen MR) is 73.6 cm³/mol. The highest BCUT2D eigenvalue weighted by Gasteiger charge is 2.47. The first-order valence-corrected chi connectivity index (χ1v) is 6.89. The van der Waals surface area contributed by atoms with E-state index < -0.39 is 48.4 Å². The van der Waals surface area contributed by atoms with Crippen LogP contribution in [0.5, 0.6) is 0 Å². The van der Waals surface area contributed by atoms with Crippen molar-refractivity contribution in [1.29, 1.82) is 0 Å². The lowest BCUT2D eigenvalue weighted by Crippen LogP contribution is -2.54. The van der Waals surface area contributed by atoms with Gasteiger partial charge in [0.25, 0.3) is 0 Å². The second-order valence-electron chi connectivity index (χ2n) is 5.12. The standard InChI is InChI=1S/C12H18N4O7/c1-20-5-3-23-10(12(18)19)7(5)14-11(17)9-8(15-16-13)6(21-2)4-22-9/h5-10H,3-4H2,1-2H3,(H,14,17)(H,18,19)/t5-,6-,7-,8-,9-,10-/m1/s1. The molecule has 2 saturated heterocycles. The molecule has 128 valence electrons. The molecule has 0 aromatic rings. The Balaban J connectivity index is 2.10. The third-order valence-electron chi connectivity index (χ3n) is 3.90. The van der Waals surface area contributed by atoms with Gasteiger partial charge >= 0.3 is 5.97 Å². The van der Waals surface area contributed by atoms with Crippen LogP contribution in [0.4, 0.5) is 0 Å². The van der Waals surface area contributed by atoms with E-state index >= 15 is 0 Å². The van der Waals surface area contributed by atoms with Gasteiger partial charge in [-0.1, -0.05) is 5.11 Å². The Morgan fingerprint density at radius 2 is 1.83 bits per heavy atom. The molecule has 0 spiro atoms. The van der Waals surface area contributed by atoms with Crippen LogP contribution in [0.2, 0.25) is 0 Å². The van der Waals surface area contributed by atoms with E-state index in [0.717, 1.165) is 0 Å². The van der Waals surface area contributed by atoms with E-state index in [2.05, 4.69) is 15.3 Å². The van der Waals surface area contributed by atoms with Crippen molar-refractivity contribution in [3.05, 3.63) is 10.4 Å². The van der Waals surface area contributed by atoms with Gasteiger partial charge in [-0.2, -0.15) is 0 Å². The van der Waals surface area contributed by atoms with Crippen molar-refractivity contribution < 1.29 is 33.6 Å². The average Bonchev–Trinajstić information content (AvgIpc) is 3.11. The smallest absolute Gasteiger partial charge is 0.335 e. The first-order valence-electron chi connectivity index (χ1n) is 6.89. The Morgan fingerprint density at radius 3 is 2.39 bits per heavy atom. The van der Waals surface area contributed by atoms with E-state index in [1.165, 1.54) is 14.2 Å². The van der Waals surface area contributed by atoms with Gasteiger partial charge in [0, 0.05) is 19.1 Å². The van der Waals surface area contributed by atoms with Crippen LogP contribution in [0, 0.1) is 0 Å². The molecule has 0 unspecified atom stereocenters. The van der Waals surface area contributed by atoms with Gasteiger partial charge in [-0.25, -0.2) is 4.79 Å². The Bertz CT molecular complexity index is 510. The number of carbonyl (C=O) groups is 2. The van der Waals surface area contributed by atoms with Crippen LogP contribution < -0.4 is 5.32 Å². The summed E-state index contributed by atoms with van der Waals surface area (Å²) in [4.78, 5) is 26.3. The molecule has 0 saturated carbocycles. The van der Waals surface area contributed by atoms with Crippen LogP contribution in [0.25, 0.3) is 10.4 Å². The van der Waals surface area contributed by atoms with Gasteiger partial charge in [0.1, 0.15) is 18.2 Å². The zero-order valence-corrected chi connectivity index (χ0v) is 12.6. The number of carbonyl (C=O) groups excluding carboxylic acids is 1. The molecule has 0 aliphatic carbocycles. The number of hydrogen-bond acceptors (Lipinski definition) is 7. The number of carboxylic acid groups (broad SMARTS) is 1. The van der Waals surface area contributed by atoms with Crippen LogP contribution in [0.3, 0.4) is 0 Å². The summed E-state index contributed by atoms with van der Waals surface area (Å²) in [6, 6.07) is -1.71. The summed E-state index contributed by atoms with van der Waals surface area (Å²) in [6.07, 6.45) is -3.43. The molecule has 6 atom stereocenters. The Hall–Kier alpha value is -1.91. The maximum Gasteiger partial charge on any atom is 0.335 e. The number of amides is 1. The average molecular weight is 330 g/mol. The zero-order chi connectivity index (χ0) is 17.0. The van der Waals surface area contributed by atoms with Crippen molar-refractivity contribution in [3.63, 3.8) is 0 Å². The molecule has 0 aromatic heterocycles. The van der Waals surface area contributed by atoms with Gasteiger partial charge in [0.15, 0.2) is 6.10 Å². The molecule has 23 heavy (non-hydrogen) atoms. The van der Waals surface area contributed by atoms with Crippen molar-refractivity contribution in [2.75, 3.05) is 27.4 Å². The van der Waals surface area contributed by atoms with E-state index in [9.17, 15) is 9.59 Å². The van der Waals surface area contributed by atoms with Gasteiger partial charge in [-0.3, -0.25) is 4.79 Å². The number of rotatable bonds is 6. The molecule has 2 aliphatic rings. The van der Waals surface area contributed by atoms with Crippen molar-refractivity contribution in [2.45, 2.75) is 36.5 Å². The summed E-state index contributed by atoms with van der Waals surface area (Å²) in [5, 5.41) is 15.2. The SMILES string of the molecule is CO[C@@H]1CO[C@@H](C(=O)N[C@@H]2[C@H](OC)CO[C@H]2C(=O)O)[C@@H]1N=[N+]=[N-]. The first-order chi connectivity index (χ1) is 11.0. The van der Waals surface area contributed by atoms with E-state index in [1.807, 2.05) is 0 Å².